The van der Waals surface area contributed by atoms with E-state index in [0.717, 1.165) is 0 Å². The van der Waals surface area contributed by atoms with Crippen molar-refractivity contribution >= 4 is 11.9 Å². The predicted octanol–water partition coefficient (Wildman–Crippen LogP) is -1.13. The molecule has 0 amide bonds. The highest BCUT2D eigenvalue weighted by molar-refractivity contribution is 5.82. The first kappa shape index (κ1) is 11.9. The first-order valence-electron chi connectivity index (χ1n) is 3.82. The molecule has 0 saturated carbocycles. The van der Waals surface area contributed by atoms with Gasteiger partial charge in [-0.15, -0.1) is 0 Å². The van der Waals surface area contributed by atoms with Gasteiger partial charge in [-0.3, -0.25) is 9.59 Å². The second-order valence-corrected chi connectivity index (χ2v) is 2.67. The highest BCUT2D eigenvalue weighted by atomic mass is 16.4. The molecule has 0 heterocycles. The Morgan fingerprint density at radius 3 is 2.08 bits per heavy atom. The molecule has 0 aliphatic rings. The van der Waals surface area contributed by atoms with Gasteiger partial charge in [-0.2, -0.15) is 0 Å². The Morgan fingerprint density at radius 1 is 1.23 bits per heavy atom. The average Bonchev–Trinajstić information content (AvgIpc) is 2.04. The normalized spacial score (nSPS) is 14.9. The van der Waals surface area contributed by atoms with E-state index in [1.807, 2.05) is 0 Å². The Morgan fingerprint density at radius 2 is 1.77 bits per heavy atom. The summed E-state index contributed by atoms with van der Waals surface area (Å²) in [6, 6.07) is -1.41. The van der Waals surface area contributed by atoms with Crippen molar-refractivity contribution in [1.82, 2.24) is 0 Å². The zero-order valence-corrected chi connectivity index (χ0v) is 7.01. The van der Waals surface area contributed by atoms with E-state index in [-0.39, 0.29) is 19.4 Å². The molecule has 0 aliphatic carbocycles. The summed E-state index contributed by atoms with van der Waals surface area (Å²) >= 11 is 0. The highest BCUT2D eigenvalue weighted by Gasteiger charge is 2.29. The fourth-order valence-corrected chi connectivity index (χ4v) is 0.940. The number of nitrogens with two attached hydrogens (primary N) is 1. The maximum atomic E-state index is 10.5. The number of rotatable bonds is 6. The monoisotopic (exact) mass is 191 g/mol. The molecule has 0 spiro atoms. The summed E-state index contributed by atoms with van der Waals surface area (Å²) in [5.74, 6) is -3.72. The molecule has 0 bridgehead atoms. The molecule has 5 N–H and O–H groups in total. The molecular formula is C7H13NO5. The lowest BCUT2D eigenvalue weighted by molar-refractivity contribution is -0.150. The molecule has 76 valence electrons. The quantitative estimate of drug-likeness (QED) is 0.421. The maximum absolute atomic E-state index is 10.5. The Labute approximate surface area is 75.0 Å². The molecule has 0 aliphatic heterocycles. The summed E-state index contributed by atoms with van der Waals surface area (Å²) in [5, 5.41) is 25.5. The van der Waals surface area contributed by atoms with Crippen LogP contribution in [0.4, 0.5) is 0 Å². The van der Waals surface area contributed by atoms with Crippen molar-refractivity contribution in [1.29, 1.82) is 0 Å². The van der Waals surface area contributed by atoms with Crippen LogP contribution >= 0.6 is 0 Å². The number of hydrogen-bond acceptors (Lipinski definition) is 4. The van der Waals surface area contributed by atoms with Crippen molar-refractivity contribution in [3.05, 3.63) is 0 Å². The number of aliphatic hydroxyl groups excluding tert-OH is 1. The second-order valence-electron chi connectivity index (χ2n) is 2.67. The predicted molar refractivity (Wildman–Crippen MR) is 43.1 cm³/mol. The van der Waals surface area contributed by atoms with E-state index in [2.05, 4.69) is 0 Å². The molecule has 0 fully saturated rings. The number of aliphatic carboxylic acids is 2. The number of carboxylic acid groups (broad SMARTS) is 2. The molecular weight excluding hydrogens is 178 g/mol. The fraction of sp³-hybridized carbons (Fsp3) is 0.714. The molecule has 6 heteroatoms. The minimum Gasteiger partial charge on any atom is -0.481 e. The Kier molecular flexibility index (Phi) is 5.01. The van der Waals surface area contributed by atoms with Crippen LogP contribution in [0.5, 0.6) is 0 Å². The van der Waals surface area contributed by atoms with Gasteiger partial charge in [0, 0.05) is 6.61 Å². The zero-order chi connectivity index (χ0) is 10.4. The molecule has 1 unspecified atom stereocenters. The average molecular weight is 191 g/mol. The standard InChI is InChI=1S/C7H13NO5/c8-5(7(12)13)4(6(10)11)2-1-3-9/h4-5,9H,1-3,8H2,(H,10,11)(H,12,13)/t4?,5-/m0/s1. The lowest BCUT2D eigenvalue weighted by atomic mass is 9.95. The van der Waals surface area contributed by atoms with Crippen molar-refractivity contribution in [2.45, 2.75) is 18.9 Å². The van der Waals surface area contributed by atoms with Crippen LogP contribution < -0.4 is 5.73 Å². The molecule has 13 heavy (non-hydrogen) atoms. The third kappa shape index (κ3) is 3.86. The minimum atomic E-state index is -1.41. The van der Waals surface area contributed by atoms with E-state index < -0.39 is 23.9 Å². The highest BCUT2D eigenvalue weighted by Crippen LogP contribution is 2.10. The Hall–Kier alpha value is -1.14. The van der Waals surface area contributed by atoms with Crippen LogP contribution in [0.3, 0.4) is 0 Å². The topological polar surface area (TPSA) is 121 Å². The number of aliphatic hydroxyl groups is 1. The van der Waals surface area contributed by atoms with Crippen LogP contribution in [0.15, 0.2) is 0 Å². The van der Waals surface area contributed by atoms with Gasteiger partial charge in [0.15, 0.2) is 0 Å². The van der Waals surface area contributed by atoms with Gasteiger partial charge in [-0.05, 0) is 12.8 Å². The summed E-state index contributed by atoms with van der Waals surface area (Å²) in [4.78, 5) is 20.9. The van der Waals surface area contributed by atoms with Crippen LogP contribution in [0, 0.1) is 5.92 Å². The van der Waals surface area contributed by atoms with Crippen molar-refractivity contribution in [2.24, 2.45) is 11.7 Å². The van der Waals surface area contributed by atoms with Crippen LogP contribution in [-0.4, -0.2) is 39.9 Å². The largest absolute Gasteiger partial charge is 0.481 e. The third-order valence-electron chi connectivity index (χ3n) is 1.71. The third-order valence-corrected chi connectivity index (χ3v) is 1.71. The summed E-state index contributed by atoms with van der Waals surface area (Å²) in [5.41, 5.74) is 5.14. The molecule has 0 saturated heterocycles. The molecule has 0 aromatic rings. The van der Waals surface area contributed by atoms with Gasteiger partial charge in [0.1, 0.15) is 6.04 Å². The van der Waals surface area contributed by atoms with Gasteiger partial charge < -0.3 is 21.1 Å². The summed E-state index contributed by atoms with van der Waals surface area (Å²) in [6.45, 7) is -0.171. The summed E-state index contributed by atoms with van der Waals surface area (Å²) < 4.78 is 0. The summed E-state index contributed by atoms with van der Waals surface area (Å²) in [6.07, 6.45) is 0.303. The number of carboxylic acids is 2. The van der Waals surface area contributed by atoms with E-state index in [1.54, 1.807) is 0 Å². The molecule has 0 aromatic carbocycles. The van der Waals surface area contributed by atoms with Crippen LogP contribution in [0.1, 0.15) is 12.8 Å². The van der Waals surface area contributed by atoms with Gasteiger partial charge in [-0.25, -0.2) is 0 Å². The second kappa shape index (κ2) is 5.50. The van der Waals surface area contributed by atoms with E-state index in [0.29, 0.717) is 0 Å². The van der Waals surface area contributed by atoms with E-state index in [1.165, 1.54) is 0 Å². The number of carbonyl (C=O) groups is 2. The van der Waals surface area contributed by atoms with E-state index in [4.69, 9.17) is 21.1 Å². The first-order valence-corrected chi connectivity index (χ1v) is 3.82. The van der Waals surface area contributed by atoms with Crippen molar-refractivity contribution < 1.29 is 24.9 Å². The Bertz CT molecular complexity index is 193. The SMILES string of the molecule is N[C@H](C(=O)O)C(CCCO)C(=O)O. The molecule has 0 rings (SSSR count). The lowest BCUT2D eigenvalue weighted by Gasteiger charge is -2.15. The van der Waals surface area contributed by atoms with Crippen molar-refractivity contribution in [2.75, 3.05) is 6.61 Å². The summed E-state index contributed by atoms with van der Waals surface area (Å²) in [7, 11) is 0. The Balaban J connectivity index is 4.24. The lowest BCUT2D eigenvalue weighted by Crippen LogP contribution is -2.42. The van der Waals surface area contributed by atoms with Crippen molar-refractivity contribution in [3.63, 3.8) is 0 Å². The number of hydrogen-bond donors (Lipinski definition) is 4. The molecule has 0 radical (unpaired) electrons. The van der Waals surface area contributed by atoms with E-state index >= 15 is 0 Å². The van der Waals surface area contributed by atoms with Crippen molar-refractivity contribution in [3.8, 4) is 0 Å². The minimum absolute atomic E-state index is 0.0688. The molecule has 6 nitrogen and oxygen atoms in total. The van der Waals surface area contributed by atoms with Gasteiger partial charge in [-0.1, -0.05) is 0 Å². The van der Waals surface area contributed by atoms with Gasteiger partial charge in [0.2, 0.25) is 0 Å². The van der Waals surface area contributed by atoms with Crippen LogP contribution in [-0.2, 0) is 9.59 Å². The molecule has 2 atom stereocenters. The fourth-order valence-electron chi connectivity index (χ4n) is 0.940. The first-order chi connectivity index (χ1) is 6.00. The van der Waals surface area contributed by atoms with Gasteiger partial charge >= 0.3 is 11.9 Å². The van der Waals surface area contributed by atoms with Gasteiger partial charge in [0.05, 0.1) is 5.92 Å². The van der Waals surface area contributed by atoms with Gasteiger partial charge in [0.25, 0.3) is 0 Å². The van der Waals surface area contributed by atoms with Crippen LogP contribution in [0.25, 0.3) is 0 Å². The molecule has 0 aromatic heterocycles. The van der Waals surface area contributed by atoms with Crippen LogP contribution in [0.2, 0.25) is 0 Å². The van der Waals surface area contributed by atoms with E-state index in [9.17, 15) is 9.59 Å². The zero-order valence-electron chi connectivity index (χ0n) is 7.01. The maximum Gasteiger partial charge on any atom is 0.321 e. The smallest absolute Gasteiger partial charge is 0.321 e.